The van der Waals surface area contributed by atoms with Gasteiger partial charge in [0, 0.05) is 25.0 Å². The number of nitrogens with zero attached hydrogens (tertiary/aromatic N) is 2. The molecule has 0 radical (unpaired) electrons. The molecule has 1 unspecified atom stereocenters. The predicted molar refractivity (Wildman–Crippen MR) is 88.2 cm³/mol. The Bertz CT molecular complexity index is 464. The summed E-state index contributed by atoms with van der Waals surface area (Å²) in [5.41, 5.74) is 1.41. The summed E-state index contributed by atoms with van der Waals surface area (Å²) in [7, 11) is 0. The lowest BCUT2D eigenvalue weighted by molar-refractivity contribution is 0.452. The van der Waals surface area contributed by atoms with Crippen LogP contribution in [0.3, 0.4) is 0 Å². The van der Waals surface area contributed by atoms with Crippen molar-refractivity contribution in [3.63, 3.8) is 0 Å². The van der Waals surface area contributed by atoms with Gasteiger partial charge in [-0.15, -0.1) is 0 Å². The molecule has 0 fully saturated rings. The SMILES string of the molecule is CCCCCC(NCCCn1cccn1)c1ccccc1. The van der Waals surface area contributed by atoms with Gasteiger partial charge in [-0.2, -0.15) is 5.10 Å². The quantitative estimate of drug-likeness (QED) is 0.664. The van der Waals surface area contributed by atoms with Crippen molar-refractivity contribution >= 4 is 0 Å². The Labute approximate surface area is 128 Å². The molecular formula is C18H27N3. The number of hydrogen-bond acceptors (Lipinski definition) is 2. The third-order valence-corrected chi connectivity index (χ3v) is 3.81. The van der Waals surface area contributed by atoms with Crippen molar-refractivity contribution in [2.75, 3.05) is 6.54 Å². The molecule has 0 aliphatic rings. The van der Waals surface area contributed by atoms with Crippen molar-refractivity contribution in [3.05, 3.63) is 54.4 Å². The number of rotatable bonds is 10. The van der Waals surface area contributed by atoms with Gasteiger partial charge in [0.05, 0.1) is 0 Å². The summed E-state index contributed by atoms with van der Waals surface area (Å²) in [5, 5.41) is 7.96. The smallest absolute Gasteiger partial charge is 0.0489 e. The summed E-state index contributed by atoms with van der Waals surface area (Å²) >= 11 is 0. The molecule has 0 saturated carbocycles. The highest BCUT2D eigenvalue weighted by Gasteiger charge is 2.09. The van der Waals surface area contributed by atoms with Gasteiger partial charge in [0.15, 0.2) is 0 Å². The Hall–Kier alpha value is -1.61. The van der Waals surface area contributed by atoms with Gasteiger partial charge in [-0.25, -0.2) is 0 Å². The lowest BCUT2D eigenvalue weighted by atomic mass is 10.0. The van der Waals surface area contributed by atoms with Crippen LogP contribution in [0.1, 0.15) is 50.6 Å². The van der Waals surface area contributed by atoms with Crippen LogP contribution in [0.25, 0.3) is 0 Å². The summed E-state index contributed by atoms with van der Waals surface area (Å²) in [6.45, 7) is 4.27. The molecule has 2 rings (SSSR count). The molecule has 3 heteroatoms. The molecule has 0 saturated heterocycles. The van der Waals surface area contributed by atoms with Crippen LogP contribution >= 0.6 is 0 Å². The van der Waals surface area contributed by atoms with Crippen molar-refractivity contribution in [2.45, 2.75) is 51.6 Å². The summed E-state index contributed by atoms with van der Waals surface area (Å²) in [6.07, 6.45) is 10.1. The van der Waals surface area contributed by atoms with Crippen molar-refractivity contribution in [3.8, 4) is 0 Å². The number of nitrogens with one attached hydrogen (secondary N) is 1. The fourth-order valence-electron chi connectivity index (χ4n) is 2.62. The molecule has 21 heavy (non-hydrogen) atoms. The zero-order valence-electron chi connectivity index (χ0n) is 13.0. The molecule has 0 amide bonds. The van der Waals surface area contributed by atoms with Gasteiger partial charge >= 0.3 is 0 Å². The Morgan fingerprint density at radius 3 is 2.67 bits per heavy atom. The molecule has 3 nitrogen and oxygen atoms in total. The van der Waals surface area contributed by atoms with E-state index >= 15 is 0 Å². The molecule has 1 heterocycles. The van der Waals surface area contributed by atoms with Crippen molar-refractivity contribution < 1.29 is 0 Å². The van der Waals surface area contributed by atoms with Crippen LogP contribution in [0.2, 0.25) is 0 Å². The fraction of sp³-hybridized carbons (Fsp3) is 0.500. The monoisotopic (exact) mass is 285 g/mol. The lowest BCUT2D eigenvalue weighted by Gasteiger charge is -2.19. The first-order valence-electron chi connectivity index (χ1n) is 8.16. The van der Waals surface area contributed by atoms with Gasteiger partial charge in [0.2, 0.25) is 0 Å². The molecule has 114 valence electrons. The maximum absolute atomic E-state index is 4.24. The van der Waals surface area contributed by atoms with Crippen LogP contribution in [-0.2, 0) is 6.54 Å². The highest BCUT2D eigenvalue weighted by atomic mass is 15.3. The maximum atomic E-state index is 4.24. The standard InChI is InChI=1S/C18H27N3/c1-2-3-5-12-18(17-10-6-4-7-11-17)19-13-8-15-21-16-9-14-20-21/h4,6-7,9-11,14,16,18-19H,2-3,5,8,12-13,15H2,1H3. The zero-order valence-corrected chi connectivity index (χ0v) is 13.0. The average Bonchev–Trinajstić information content (AvgIpc) is 3.04. The third-order valence-electron chi connectivity index (χ3n) is 3.81. The van der Waals surface area contributed by atoms with E-state index in [2.05, 4.69) is 47.7 Å². The summed E-state index contributed by atoms with van der Waals surface area (Å²) in [6, 6.07) is 13.3. The van der Waals surface area contributed by atoms with E-state index in [9.17, 15) is 0 Å². The summed E-state index contributed by atoms with van der Waals surface area (Å²) in [4.78, 5) is 0. The summed E-state index contributed by atoms with van der Waals surface area (Å²) in [5.74, 6) is 0. The molecule has 1 atom stereocenters. The first-order chi connectivity index (χ1) is 10.4. The van der Waals surface area contributed by atoms with E-state index in [4.69, 9.17) is 0 Å². The molecule has 0 spiro atoms. The molecule has 1 N–H and O–H groups in total. The Kier molecular flexibility index (Phi) is 7.02. The van der Waals surface area contributed by atoms with Crippen LogP contribution in [0.5, 0.6) is 0 Å². The van der Waals surface area contributed by atoms with Crippen LogP contribution < -0.4 is 5.32 Å². The van der Waals surface area contributed by atoms with E-state index < -0.39 is 0 Å². The lowest BCUT2D eigenvalue weighted by Crippen LogP contribution is -2.23. The highest BCUT2D eigenvalue weighted by molar-refractivity contribution is 5.18. The molecule has 2 aromatic rings. The van der Waals surface area contributed by atoms with Gasteiger partial charge in [-0.05, 0) is 31.0 Å². The van der Waals surface area contributed by atoms with Gasteiger partial charge in [0.25, 0.3) is 0 Å². The highest BCUT2D eigenvalue weighted by Crippen LogP contribution is 2.19. The largest absolute Gasteiger partial charge is 0.310 e. The minimum Gasteiger partial charge on any atom is -0.310 e. The normalized spacial score (nSPS) is 12.4. The fourth-order valence-corrected chi connectivity index (χ4v) is 2.62. The minimum atomic E-state index is 0.482. The van der Waals surface area contributed by atoms with E-state index in [1.807, 2.05) is 23.1 Å². The van der Waals surface area contributed by atoms with Crippen LogP contribution in [0.4, 0.5) is 0 Å². The van der Waals surface area contributed by atoms with E-state index in [1.54, 1.807) is 0 Å². The molecular weight excluding hydrogens is 258 g/mol. The van der Waals surface area contributed by atoms with Crippen molar-refractivity contribution in [2.24, 2.45) is 0 Å². The van der Waals surface area contributed by atoms with Crippen LogP contribution in [0.15, 0.2) is 48.8 Å². The number of unbranched alkanes of at least 4 members (excludes halogenated alkanes) is 2. The first kappa shape index (κ1) is 15.8. The Morgan fingerprint density at radius 1 is 1.10 bits per heavy atom. The second kappa shape index (κ2) is 9.35. The van der Waals surface area contributed by atoms with Crippen LogP contribution in [0, 0.1) is 0 Å². The molecule has 1 aromatic carbocycles. The van der Waals surface area contributed by atoms with Crippen molar-refractivity contribution in [1.82, 2.24) is 15.1 Å². The molecule has 1 aromatic heterocycles. The second-order valence-electron chi connectivity index (χ2n) is 5.54. The third kappa shape index (κ3) is 5.72. The maximum Gasteiger partial charge on any atom is 0.0489 e. The number of aromatic nitrogens is 2. The minimum absolute atomic E-state index is 0.482. The number of benzene rings is 1. The Balaban J connectivity index is 1.78. The molecule has 0 bridgehead atoms. The van der Waals surface area contributed by atoms with E-state index in [0.29, 0.717) is 6.04 Å². The van der Waals surface area contributed by atoms with E-state index in [-0.39, 0.29) is 0 Å². The number of hydrogen-bond donors (Lipinski definition) is 1. The zero-order chi connectivity index (χ0) is 14.8. The van der Waals surface area contributed by atoms with Gasteiger partial charge in [-0.3, -0.25) is 4.68 Å². The molecule has 0 aliphatic carbocycles. The second-order valence-corrected chi connectivity index (χ2v) is 5.54. The van der Waals surface area contributed by atoms with Gasteiger partial charge in [-0.1, -0.05) is 56.5 Å². The van der Waals surface area contributed by atoms with Crippen LogP contribution in [-0.4, -0.2) is 16.3 Å². The number of aryl methyl sites for hydroxylation is 1. The average molecular weight is 285 g/mol. The van der Waals surface area contributed by atoms with E-state index in [0.717, 1.165) is 19.5 Å². The van der Waals surface area contributed by atoms with Gasteiger partial charge < -0.3 is 5.32 Å². The predicted octanol–water partition coefficient (Wildman–Crippen LogP) is 4.18. The molecule has 0 aliphatic heterocycles. The topological polar surface area (TPSA) is 29.9 Å². The van der Waals surface area contributed by atoms with Gasteiger partial charge in [0.1, 0.15) is 0 Å². The Morgan fingerprint density at radius 2 is 1.95 bits per heavy atom. The summed E-state index contributed by atoms with van der Waals surface area (Å²) < 4.78 is 2.00. The first-order valence-corrected chi connectivity index (χ1v) is 8.16. The van der Waals surface area contributed by atoms with E-state index in [1.165, 1.54) is 31.2 Å². The van der Waals surface area contributed by atoms with Crippen molar-refractivity contribution in [1.29, 1.82) is 0 Å².